The van der Waals surface area contributed by atoms with Gasteiger partial charge in [-0.3, -0.25) is 9.59 Å². The van der Waals surface area contributed by atoms with Crippen LogP contribution in [0.1, 0.15) is 35.8 Å². The van der Waals surface area contributed by atoms with Crippen LogP contribution in [0, 0.1) is 0 Å². The number of carbonyl (C=O) groups is 2. The average molecular weight is 186 g/mol. The number of carbonyl (C=O) groups excluding carboxylic acids is 2. The van der Waals surface area contributed by atoms with Gasteiger partial charge in [0.05, 0.1) is 11.8 Å². The SMILES string of the molecule is O=C1C(=O)[C@@H]2CC[C@H]1c1ccccc12. The van der Waals surface area contributed by atoms with E-state index in [9.17, 15) is 9.59 Å². The Balaban J connectivity index is 2.27. The second kappa shape index (κ2) is 2.53. The van der Waals surface area contributed by atoms with E-state index in [1.807, 2.05) is 24.3 Å². The molecule has 3 aliphatic carbocycles. The standard InChI is InChI=1S/C12H10O2/c13-11-9-5-6-10(12(11)14)8-4-2-1-3-7(8)9/h1-4,9-10H,5-6H2/t9-,10+. The zero-order valence-corrected chi connectivity index (χ0v) is 7.69. The molecule has 2 atom stereocenters. The van der Waals surface area contributed by atoms with Gasteiger partial charge in [0, 0.05) is 0 Å². The summed E-state index contributed by atoms with van der Waals surface area (Å²) in [6.45, 7) is 0. The first-order chi connectivity index (χ1) is 6.79. The first-order valence-corrected chi connectivity index (χ1v) is 4.96. The molecule has 0 unspecified atom stereocenters. The molecule has 1 fully saturated rings. The second-order valence-corrected chi connectivity index (χ2v) is 4.04. The summed E-state index contributed by atoms with van der Waals surface area (Å²) in [6.07, 6.45) is 1.71. The van der Waals surface area contributed by atoms with Crippen LogP contribution in [0.15, 0.2) is 24.3 Å². The summed E-state index contributed by atoms with van der Waals surface area (Å²) in [7, 11) is 0. The van der Waals surface area contributed by atoms with Crippen molar-refractivity contribution < 1.29 is 9.59 Å². The third-order valence-electron chi connectivity index (χ3n) is 3.37. The fourth-order valence-corrected chi connectivity index (χ4v) is 2.68. The first-order valence-electron chi connectivity index (χ1n) is 4.96. The molecule has 3 aliphatic rings. The predicted molar refractivity (Wildman–Crippen MR) is 51.2 cm³/mol. The summed E-state index contributed by atoms with van der Waals surface area (Å²) < 4.78 is 0. The van der Waals surface area contributed by atoms with E-state index in [0.29, 0.717) is 0 Å². The lowest BCUT2D eigenvalue weighted by molar-refractivity contribution is -0.141. The summed E-state index contributed by atoms with van der Waals surface area (Å²) in [5, 5.41) is 0. The number of hydrogen-bond donors (Lipinski definition) is 0. The number of Topliss-reactive ketones (excluding diaryl/α,β-unsaturated/α-hetero) is 2. The molecule has 2 nitrogen and oxygen atoms in total. The Morgan fingerprint density at radius 1 is 0.857 bits per heavy atom. The summed E-state index contributed by atoms with van der Waals surface area (Å²) in [5.41, 5.74) is 2.18. The second-order valence-electron chi connectivity index (χ2n) is 4.04. The van der Waals surface area contributed by atoms with Crippen molar-refractivity contribution in [3.8, 4) is 0 Å². The van der Waals surface area contributed by atoms with Crippen LogP contribution in [0.4, 0.5) is 0 Å². The smallest absolute Gasteiger partial charge is 0.206 e. The van der Waals surface area contributed by atoms with E-state index in [4.69, 9.17) is 0 Å². The summed E-state index contributed by atoms with van der Waals surface area (Å²) in [4.78, 5) is 23.2. The third kappa shape index (κ3) is 0.808. The van der Waals surface area contributed by atoms with Crippen LogP contribution in [0.2, 0.25) is 0 Å². The molecule has 0 heterocycles. The molecule has 14 heavy (non-hydrogen) atoms. The normalized spacial score (nSPS) is 29.1. The largest absolute Gasteiger partial charge is 0.290 e. The molecule has 0 radical (unpaired) electrons. The number of fused-ring (bicyclic) bond motifs is 2. The molecule has 2 heteroatoms. The minimum atomic E-state index is -0.167. The molecule has 4 rings (SSSR count). The molecule has 2 bridgehead atoms. The molecule has 0 saturated heterocycles. The lowest BCUT2D eigenvalue weighted by Gasteiger charge is -2.35. The highest BCUT2D eigenvalue weighted by molar-refractivity contribution is 6.43. The summed E-state index contributed by atoms with van der Waals surface area (Å²) in [6, 6.07) is 7.85. The topological polar surface area (TPSA) is 34.1 Å². The minimum Gasteiger partial charge on any atom is -0.290 e. The van der Waals surface area contributed by atoms with Crippen LogP contribution < -0.4 is 0 Å². The van der Waals surface area contributed by atoms with Crippen LogP contribution >= 0.6 is 0 Å². The van der Waals surface area contributed by atoms with Gasteiger partial charge in [0.1, 0.15) is 0 Å². The highest BCUT2D eigenvalue weighted by Crippen LogP contribution is 2.45. The maximum absolute atomic E-state index is 11.6. The number of hydrogen-bond acceptors (Lipinski definition) is 2. The number of ketones is 2. The summed E-state index contributed by atoms with van der Waals surface area (Å²) >= 11 is 0. The zero-order valence-electron chi connectivity index (χ0n) is 7.69. The molecular weight excluding hydrogens is 176 g/mol. The molecule has 0 aromatic heterocycles. The van der Waals surface area contributed by atoms with E-state index in [0.717, 1.165) is 24.0 Å². The van der Waals surface area contributed by atoms with Gasteiger partial charge in [-0.1, -0.05) is 24.3 Å². The van der Waals surface area contributed by atoms with Gasteiger partial charge < -0.3 is 0 Å². The Morgan fingerprint density at radius 2 is 1.29 bits per heavy atom. The van der Waals surface area contributed by atoms with Crippen LogP contribution in [-0.4, -0.2) is 11.6 Å². The molecule has 70 valence electrons. The molecule has 1 aromatic carbocycles. The molecule has 0 aliphatic heterocycles. The highest BCUT2D eigenvalue weighted by Gasteiger charge is 2.44. The van der Waals surface area contributed by atoms with E-state index in [1.54, 1.807) is 0 Å². The maximum atomic E-state index is 11.6. The predicted octanol–water partition coefficient (Wildman–Crippen LogP) is 1.80. The maximum Gasteiger partial charge on any atom is 0.206 e. The van der Waals surface area contributed by atoms with Crippen molar-refractivity contribution >= 4 is 11.6 Å². The van der Waals surface area contributed by atoms with E-state index in [-0.39, 0.29) is 23.4 Å². The lowest BCUT2D eigenvalue weighted by atomic mass is 9.66. The fourth-order valence-electron chi connectivity index (χ4n) is 2.68. The molecular formula is C12H10O2. The van der Waals surface area contributed by atoms with Crippen LogP contribution in [0.5, 0.6) is 0 Å². The Bertz CT molecular complexity index is 393. The Kier molecular flexibility index (Phi) is 1.43. The van der Waals surface area contributed by atoms with Gasteiger partial charge in [-0.25, -0.2) is 0 Å². The zero-order chi connectivity index (χ0) is 9.71. The minimum absolute atomic E-state index is 0.135. The van der Waals surface area contributed by atoms with Crippen molar-refractivity contribution in [1.82, 2.24) is 0 Å². The van der Waals surface area contributed by atoms with Gasteiger partial charge in [0.25, 0.3) is 0 Å². The van der Waals surface area contributed by atoms with Gasteiger partial charge >= 0.3 is 0 Å². The quantitative estimate of drug-likeness (QED) is 0.579. The monoisotopic (exact) mass is 186 g/mol. The van der Waals surface area contributed by atoms with Gasteiger partial charge in [0.2, 0.25) is 11.6 Å². The van der Waals surface area contributed by atoms with E-state index in [2.05, 4.69) is 0 Å². The van der Waals surface area contributed by atoms with Crippen molar-refractivity contribution in [2.45, 2.75) is 24.7 Å². The first kappa shape index (κ1) is 7.92. The van der Waals surface area contributed by atoms with Crippen molar-refractivity contribution in [3.05, 3.63) is 35.4 Å². The number of benzene rings is 1. The van der Waals surface area contributed by atoms with Crippen molar-refractivity contribution in [3.63, 3.8) is 0 Å². The molecule has 1 aromatic rings. The van der Waals surface area contributed by atoms with E-state index >= 15 is 0 Å². The molecule has 1 saturated carbocycles. The van der Waals surface area contributed by atoms with Crippen LogP contribution in [0.25, 0.3) is 0 Å². The lowest BCUT2D eigenvalue weighted by Crippen LogP contribution is -2.38. The van der Waals surface area contributed by atoms with Crippen LogP contribution in [-0.2, 0) is 9.59 Å². The van der Waals surface area contributed by atoms with Gasteiger partial charge in [-0.2, -0.15) is 0 Å². The Hall–Kier alpha value is -1.44. The Morgan fingerprint density at radius 3 is 1.71 bits per heavy atom. The average Bonchev–Trinajstić information content (AvgIpc) is 2.24. The third-order valence-corrected chi connectivity index (χ3v) is 3.37. The van der Waals surface area contributed by atoms with E-state index in [1.165, 1.54) is 0 Å². The van der Waals surface area contributed by atoms with Gasteiger partial charge in [-0.05, 0) is 24.0 Å². The molecule has 0 amide bonds. The van der Waals surface area contributed by atoms with Crippen molar-refractivity contribution in [2.24, 2.45) is 0 Å². The van der Waals surface area contributed by atoms with E-state index < -0.39 is 0 Å². The van der Waals surface area contributed by atoms with Gasteiger partial charge in [0.15, 0.2) is 0 Å². The highest BCUT2D eigenvalue weighted by atomic mass is 16.2. The van der Waals surface area contributed by atoms with Crippen molar-refractivity contribution in [1.29, 1.82) is 0 Å². The van der Waals surface area contributed by atoms with Crippen molar-refractivity contribution in [2.75, 3.05) is 0 Å². The van der Waals surface area contributed by atoms with Gasteiger partial charge in [-0.15, -0.1) is 0 Å². The molecule has 0 N–H and O–H groups in total. The van der Waals surface area contributed by atoms with Crippen LogP contribution in [0.3, 0.4) is 0 Å². The number of rotatable bonds is 0. The summed E-state index contributed by atoms with van der Waals surface area (Å²) in [5.74, 6) is -0.604. The fraction of sp³-hybridized carbons (Fsp3) is 0.333. The Labute approximate surface area is 81.9 Å². The molecule has 0 spiro atoms.